The maximum Gasteiger partial charge on any atom is 0.419 e. The fraction of sp³-hybridized carbons (Fsp3) is 0.308. The van der Waals surface area contributed by atoms with Crippen molar-refractivity contribution in [1.82, 2.24) is 24.5 Å². The van der Waals surface area contributed by atoms with E-state index in [0.29, 0.717) is 48.7 Å². The van der Waals surface area contributed by atoms with Crippen LogP contribution >= 0.6 is 11.6 Å². The minimum Gasteiger partial charge on any atom is -0.353 e. The third kappa shape index (κ3) is 5.24. The standard InChI is InChI=1S/C26H25ClF3N7/c1-17(2)23-32-9-10-37(23)25-33-21(18-5-3-6-19(27)15-18)16-22(34-25)35-11-13-36(14-12-35)24-20(26(28,29)30)7-4-8-31-24/h3-10,15-17H,11-14H2,1-2H3. The van der Waals surface area contributed by atoms with E-state index >= 15 is 0 Å². The highest BCUT2D eigenvalue weighted by Gasteiger charge is 2.36. The summed E-state index contributed by atoms with van der Waals surface area (Å²) < 4.78 is 42.5. The maximum absolute atomic E-state index is 13.5. The van der Waals surface area contributed by atoms with Gasteiger partial charge in [-0.05, 0) is 24.3 Å². The number of hydrogen-bond donors (Lipinski definition) is 0. The van der Waals surface area contributed by atoms with E-state index in [2.05, 4.69) is 14.9 Å². The molecular weight excluding hydrogens is 503 g/mol. The fourth-order valence-electron chi connectivity index (χ4n) is 4.42. The Bertz CT molecular complexity index is 1390. The monoisotopic (exact) mass is 527 g/mol. The van der Waals surface area contributed by atoms with E-state index in [1.54, 1.807) is 17.2 Å². The summed E-state index contributed by atoms with van der Waals surface area (Å²) in [7, 11) is 0. The van der Waals surface area contributed by atoms with Crippen LogP contribution in [0.3, 0.4) is 0 Å². The Morgan fingerprint density at radius 2 is 1.65 bits per heavy atom. The normalized spacial score (nSPS) is 14.5. The average molecular weight is 528 g/mol. The van der Waals surface area contributed by atoms with E-state index < -0.39 is 11.7 Å². The van der Waals surface area contributed by atoms with Crippen molar-refractivity contribution in [3.05, 3.63) is 77.5 Å². The Morgan fingerprint density at radius 1 is 0.892 bits per heavy atom. The molecule has 0 atom stereocenters. The molecule has 0 spiro atoms. The highest BCUT2D eigenvalue weighted by atomic mass is 35.5. The Hall–Kier alpha value is -3.66. The van der Waals surface area contributed by atoms with Gasteiger partial charge in [0.25, 0.3) is 0 Å². The topological polar surface area (TPSA) is 63.0 Å². The molecule has 0 radical (unpaired) electrons. The molecule has 0 unspecified atom stereocenters. The summed E-state index contributed by atoms with van der Waals surface area (Å²) in [5.41, 5.74) is 0.806. The van der Waals surface area contributed by atoms with Gasteiger partial charge in [-0.15, -0.1) is 0 Å². The van der Waals surface area contributed by atoms with Gasteiger partial charge in [0.05, 0.1) is 11.3 Å². The number of halogens is 4. The fourth-order valence-corrected chi connectivity index (χ4v) is 4.61. The number of anilines is 2. The zero-order valence-corrected chi connectivity index (χ0v) is 21.1. The number of hydrogen-bond acceptors (Lipinski definition) is 6. The van der Waals surface area contributed by atoms with Crippen molar-refractivity contribution in [3.8, 4) is 17.2 Å². The number of imidazole rings is 1. The Kier molecular flexibility index (Phi) is 6.76. The molecule has 0 N–H and O–H groups in total. The van der Waals surface area contributed by atoms with Gasteiger partial charge in [-0.3, -0.25) is 4.57 Å². The van der Waals surface area contributed by atoms with Gasteiger partial charge in [-0.1, -0.05) is 37.6 Å². The molecule has 192 valence electrons. The van der Waals surface area contributed by atoms with Gasteiger partial charge in [-0.2, -0.15) is 18.2 Å². The average Bonchev–Trinajstić information content (AvgIpc) is 3.39. The van der Waals surface area contributed by atoms with E-state index in [1.165, 1.54) is 12.3 Å². The molecule has 1 saturated heterocycles. The Labute approximate surface area is 217 Å². The summed E-state index contributed by atoms with van der Waals surface area (Å²) in [6.45, 7) is 5.78. The van der Waals surface area contributed by atoms with E-state index in [1.807, 2.05) is 48.9 Å². The molecule has 4 aromatic rings. The first-order valence-electron chi connectivity index (χ1n) is 11.9. The Balaban J connectivity index is 1.48. The van der Waals surface area contributed by atoms with Gasteiger partial charge < -0.3 is 9.80 Å². The minimum atomic E-state index is -4.47. The second kappa shape index (κ2) is 10.0. The van der Waals surface area contributed by atoms with Gasteiger partial charge >= 0.3 is 6.18 Å². The van der Waals surface area contributed by atoms with Gasteiger partial charge in [0.2, 0.25) is 5.95 Å². The molecule has 0 aliphatic carbocycles. The van der Waals surface area contributed by atoms with Crippen LogP contribution in [0.5, 0.6) is 0 Å². The van der Waals surface area contributed by atoms with Crippen LogP contribution in [-0.4, -0.2) is 50.7 Å². The van der Waals surface area contributed by atoms with Crippen LogP contribution in [0, 0.1) is 0 Å². The molecule has 3 aromatic heterocycles. The number of aromatic nitrogens is 5. The molecule has 7 nitrogen and oxygen atoms in total. The smallest absolute Gasteiger partial charge is 0.353 e. The lowest BCUT2D eigenvalue weighted by Gasteiger charge is -2.37. The van der Waals surface area contributed by atoms with E-state index in [4.69, 9.17) is 21.6 Å². The highest BCUT2D eigenvalue weighted by molar-refractivity contribution is 6.30. The molecule has 0 saturated carbocycles. The number of pyridine rings is 1. The van der Waals surface area contributed by atoms with Crippen molar-refractivity contribution in [1.29, 1.82) is 0 Å². The van der Waals surface area contributed by atoms with Crippen LogP contribution in [-0.2, 0) is 6.18 Å². The molecule has 1 aliphatic rings. The SMILES string of the molecule is CC(C)c1nccn1-c1nc(-c2cccc(Cl)c2)cc(N2CCN(c3ncccc3C(F)(F)F)CC2)n1. The van der Waals surface area contributed by atoms with Crippen LogP contribution < -0.4 is 9.80 Å². The lowest BCUT2D eigenvalue weighted by molar-refractivity contribution is -0.137. The Morgan fingerprint density at radius 3 is 2.35 bits per heavy atom. The lowest BCUT2D eigenvalue weighted by atomic mass is 10.1. The van der Waals surface area contributed by atoms with Crippen LogP contribution in [0.2, 0.25) is 5.02 Å². The van der Waals surface area contributed by atoms with Crippen molar-refractivity contribution >= 4 is 23.2 Å². The van der Waals surface area contributed by atoms with Crippen molar-refractivity contribution in [3.63, 3.8) is 0 Å². The first kappa shape index (κ1) is 25.0. The summed E-state index contributed by atoms with van der Waals surface area (Å²) >= 11 is 6.25. The van der Waals surface area contributed by atoms with E-state index in [9.17, 15) is 13.2 Å². The van der Waals surface area contributed by atoms with Crippen molar-refractivity contribution in [2.24, 2.45) is 0 Å². The zero-order valence-electron chi connectivity index (χ0n) is 20.3. The number of rotatable bonds is 5. The van der Waals surface area contributed by atoms with E-state index in [-0.39, 0.29) is 11.7 Å². The summed E-state index contributed by atoms with van der Waals surface area (Å²) in [4.78, 5) is 21.9. The largest absolute Gasteiger partial charge is 0.419 e. The van der Waals surface area contributed by atoms with Crippen LogP contribution in [0.25, 0.3) is 17.2 Å². The molecule has 1 fully saturated rings. The predicted molar refractivity (Wildman–Crippen MR) is 137 cm³/mol. The summed E-state index contributed by atoms with van der Waals surface area (Å²) in [6.07, 6.45) is 0.470. The number of benzene rings is 1. The molecule has 5 rings (SSSR count). The summed E-state index contributed by atoms with van der Waals surface area (Å²) in [5, 5.41) is 0.592. The first-order chi connectivity index (χ1) is 17.7. The van der Waals surface area contributed by atoms with Gasteiger partial charge in [0.1, 0.15) is 17.5 Å². The van der Waals surface area contributed by atoms with Crippen LogP contribution in [0.4, 0.5) is 24.8 Å². The van der Waals surface area contributed by atoms with Crippen molar-refractivity contribution in [2.75, 3.05) is 36.0 Å². The van der Waals surface area contributed by atoms with Crippen LogP contribution in [0.1, 0.15) is 31.2 Å². The van der Waals surface area contributed by atoms with Gasteiger partial charge in [-0.25, -0.2) is 15.0 Å². The second-order valence-electron chi connectivity index (χ2n) is 9.08. The van der Waals surface area contributed by atoms with Gasteiger partial charge in [0, 0.05) is 67.3 Å². The zero-order chi connectivity index (χ0) is 26.2. The number of nitrogens with zero attached hydrogens (tertiary/aromatic N) is 7. The van der Waals surface area contributed by atoms with Crippen molar-refractivity contribution < 1.29 is 13.2 Å². The van der Waals surface area contributed by atoms with Crippen LogP contribution in [0.15, 0.2) is 61.1 Å². The molecular formula is C26H25ClF3N7. The third-order valence-electron chi connectivity index (χ3n) is 6.22. The second-order valence-corrected chi connectivity index (χ2v) is 9.51. The quantitative estimate of drug-likeness (QED) is 0.324. The third-order valence-corrected chi connectivity index (χ3v) is 6.45. The molecule has 11 heteroatoms. The molecule has 4 heterocycles. The first-order valence-corrected chi connectivity index (χ1v) is 12.3. The maximum atomic E-state index is 13.5. The molecule has 0 amide bonds. The van der Waals surface area contributed by atoms with Crippen molar-refractivity contribution in [2.45, 2.75) is 25.9 Å². The molecule has 37 heavy (non-hydrogen) atoms. The van der Waals surface area contributed by atoms with E-state index in [0.717, 1.165) is 17.5 Å². The number of alkyl halides is 3. The van der Waals surface area contributed by atoms with Gasteiger partial charge in [0.15, 0.2) is 0 Å². The summed E-state index contributed by atoms with van der Waals surface area (Å²) in [6, 6.07) is 11.7. The number of piperazine rings is 1. The molecule has 0 bridgehead atoms. The predicted octanol–water partition coefficient (Wildman–Crippen LogP) is 5.85. The molecule has 1 aromatic carbocycles. The minimum absolute atomic E-state index is 0.0439. The summed E-state index contributed by atoms with van der Waals surface area (Å²) in [5.74, 6) is 2.09. The highest BCUT2D eigenvalue weighted by Crippen LogP contribution is 2.36. The lowest BCUT2D eigenvalue weighted by Crippen LogP contribution is -2.47. The molecule has 1 aliphatic heterocycles.